The van der Waals surface area contributed by atoms with Gasteiger partial charge in [-0.1, -0.05) is 6.07 Å². The van der Waals surface area contributed by atoms with Crippen molar-refractivity contribution in [3.63, 3.8) is 0 Å². The van der Waals surface area contributed by atoms with Crippen LogP contribution in [-0.4, -0.2) is 25.5 Å². The lowest BCUT2D eigenvalue weighted by molar-refractivity contribution is 0.402. The van der Waals surface area contributed by atoms with E-state index in [9.17, 15) is 8.42 Å². The van der Waals surface area contributed by atoms with Gasteiger partial charge in [0.1, 0.15) is 10.6 Å². The zero-order valence-electron chi connectivity index (χ0n) is 10.5. The number of nitrogens with one attached hydrogen (secondary N) is 1. The molecule has 0 atom stereocenters. The van der Waals surface area contributed by atoms with Gasteiger partial charge in [0.15, 0.2) is 0 Å². The number of nitrogens with zero attached hydrogens (tertiary/aromatic N) is 2. The molecule has 0 fully saturated rings. The highest BCUT2D eigenvalue weighted by Crippen LogP contribution is 2.25. The van der Waals surface area contributed by atoms with Gasteiger partial charge in [-0.15, -0.1) is 0 Å². The van der Waals surface area contributed by atoms with Crippen molar-refractivity contribution in [2.45, 2.75) is 11.8 Å². The van der Waals surface area contributed by atoms with Crippen molar-refractivity contribution in [3.8, 4) is 5.75 Å². The number of methoxy groups -OCH3 is 1. The number of hydrogen-bond donors (Lipinski definition) is 1. The molecule has 0 saturated carbocycles. The van der Waals surface area contributed by atoms with E-state index in [4.69, 9.17) is 4.74 Å². The fourth-order valence-corrected chi connectivity index (χ4v) is 2.73. The first-order valence-corrected chi connectivity index (χ1v) is 6.96. The van der Waals surface area contributed by atoms with Gasteiger partial charge in [-0.05, 0) is 30.7 Å². The van der Waals surface area contributed by atoms with Crippen LogP contribution < -0.4 is 9.46 Å². The molecule has 6 nitrogen and oxygen atoms in total. The molecule has 0 aliphatic carbocycles. The number of sulfonamides is 1. The van der Waals surface area contributed by atoms with Gasteiger partial charge in [0.2, 0.25) is 5.95 Å². The molecule has 0 saturated heterocycles. The zero-order valence-corrected chi connectivity index (χ0v) is 11.3. The molecule has 19 heavy (non-hydrogen) atoms. The molecule has 0 aliphatic heterocycles. The summed E-state index contributed by atoms with van der Waals surface area (Å²) in [6, 6.07) is 6.52. The molecular formula is C12H13N3O3S. The smallest absolute Gasteiger partial charge is 0.267 e. The molecule has 0 unspecified atom stereocenters. The molecule has 0 aliphatic rings. The predicted octanol–water partition coefficient (Wildman–Crippen LogP) is 1.59. The summed E-state index contributed by atoms with van der Waals surface area (Å²) in [5, 5.41) is 0. The molecule has 0 bridgehead atoms. The summed E-state index contributed by atoms with van der Waals surface area (Å²) in [4.78, 5) is 7.71. The highest BCUT2D eigenvalue weighted by atomic mass is 32.2. The van der Waals surface area contributed by atoms with E-state index < -0.39 is 10.0 Å². The molecule has 7 heteroatoms. The quantitative estimate of drug-likeness (QED) is 0.919. The summed E-state index contributed by atoms with van der Waals surface area (Å²) in [5.74, 6) is 0.292. The number of rotatable bonds is 4. The van der Waals surface area contributed by atoms with Crippen molar-refractivity contribution in [2.75, 3.05) is 11.8 Å². The SMILES string of the molecule is COc1ccc(C)cc1S(=O)(=O)Nc1ncccn1. The molecule has 2 aromatic rings. The Balaban J connectivity index is 2.42. The van der Waals surface area contributed by atoms with Gasteiger partial charge in [-0.25, -0.2) is 23.1 Å². The van der Waals surface area contributed by atoms with E-state index in [-0.39, 0.29) is 16.6 Å². The maximum atomic E-state index is 12.3. The van der Waals surface area contributed by atoms with Crippen LogP contribution in [0.15, 0.2) is 41.6 Å². The van der Waals surface area contributed by atoms with Gasteiger partial charge in [0, 0.05) is 12.4 Å². The van der Waals surface area contributed by atoms with Gasteiger partial charge in [-0.3, -0.25) is 0 Å². The summed E-state index contributed by atoms with van der Waals surface area (Å²) >= 11 is 0. The fraction of sp³-hybridized carbons (Fsp3) is 0.167. The van der Waals surface area contributed by atoms with Crippen LogP contribution in [0.5, 0.6) is 5.75 Å². The molecule has 1 heterocycles. The second kappa shape index (κ2) is 5.23. The van der Waals surface area contributed by atoms with Crippen molar-refractivity contribution >= 4 is 16.0 Å². The number of ether oxygens (including phenoxy) is 1. The van der Waals surface area contributed by atoms with E-state index in [1.54, 1.807) is 25.1 Å². The summed E-state index contributed by atoms with van der Waals surface area (Å²) in [6.07, 6.45) is 2.91. The zero-order chi connectivity index (χ0) is 13.9. The third kappa shape index (κ3) is 3.00. The van der Waals surface area contributed by atoms with Gasteiger partial charge < -0.3 is 4.74 Å². The molecule has 0 amide bonds. The van der Waals surface area contributed by atoms with E-state index in [1.165, 1.54) is 25.6 Å². The number of hydrogen-bond acceptors (Lipinski definition) is 5. The monoisotopic (exact) mass is 279 g/mol. The maximum Gasteiger partial charge on any atom is 0.267 e. The number of aromatic nitrogens is 2. The van der Waals surface area contributed by atoms with Gasteiger partial charge in [-0.2, -0.15) is 0 Å². The average Bonchev–Trinajstić information content (AvgIpc) is 2.39. The first-order valence-electron chi connectivity index (χ1n) is 5.47. The first kappa shape index (κ1) is 13.3. The highest BCUT2D eigenvalue weighted by Gasteiger charge is 2.20. The summed E-state index contributed by atoms with van der Waals surface area (Å²) in [7, 11) is -2.36. The van der Waals surface area contributed by atoms with Crippen LogP contribution in [0, 0.1) is 6.92 Å². The normalized spacial score (nSPS) is 11.1. The molecule has 1 aromatic carbocycles. The fourth-order valence-electron chi connectivity index (χ4n) is 1.52. The van der Waals surface area contributed by atoms with Gasteiger partial charge in [0.05, 0.1) is 7.11 Å². The molecule has 100 valence electrons. The highest BCUT2D eigenvalue weighted by molar-refractivity contribution is 7.92. The molecule has 2 rings (SSSR count). The van der Waals surface area contributed by atoms with E-state index in [1.807, 2.05) is 0 Å². The molecule has 1 aromatic heterocycles. The lowest BCUT2D eigenvalue weighted by Gasteiger charge is -2.11. The third-order valence-electron chi connectivity index (χ3n) is 2.40. The molecular weight excluding hydrogens is 266 g/mol. The third-order valence-corrected chi connectivity index (χ3v) is 3.75. The topological polar surface area (TPSA) is 81.2 Å². The lowest BCUT2D eigenvalue weighted by atomic mass is 10.2. The van der Waals surface area contributed by atoms with Crippen LogP contribution in [0.4, 0.5) is 5.95 Å². The van der Waals surface area contributed by atoms with Crippen molar-refractivity contribution in [2.24, 2.45) is 0 Å². The molecule has 0 spiro atoms. The van der Waals surface area contributed by atoms with Gasteiger partial charge in [0.25, 0.3) is 10.0 Å². The Labute approximate surface area is 111 Å². The maximum absolute atomic E-state index is 12.3. The number of aryl methyl sites for hydroxylation is 1. The van der Waals surface area contributed by atoms with Crippen molar-refractivity contribution in [1.82, 2.24) is 9.97 Å². The Bertz CT molecular complexity index is 672. The Morgan fingerprint density at radius 3 is 2.53 bits per heavy atom. The van der Waals surface area contributed by atoms with Gasteiger partial charge >= 0.3 is 0 Å². The first-order chi connectivity index (χ1) is 9.03. The van der Waals surface area contributed by atoms with Crippen LogP contribution >= 0.6 is 0 Å². The number of anilines is 1. The van der Waals surface area contributed by atoms with Crippen LogP contribution in [0.25, 0.3) is 0 Å². The van der Waals surface area contributed by atoms with Crippen molar-refractivity contribution < 1.29 is 13.2 Å². The second-order valence-corrected chi connectivity index (χ2v) is 5.48. The Hall–Kier alpha value is -2.15. The Morgan fingerprint density at radius 2 is 1.89 bits per heavy atom. The van der Waals surface area contributed by atoms with Crippen LogP contribution in [0.2, 0.25) is 0 Å². The van der Waals surface area contributed by atoms with E-state index in [0.717, 1.165) is 5.56 Å². The average molecular weight is 279 g/mol. The molecule has 1 N–H and O–H groups in total. The Kier molecular flexibility index (Phi) is 3.66. The lowest BCUT2D eigenvalue weighted by Crippen LogP contribution is -2.16. The van der Waals surface area contributed by atoms with E-state index in [2.05, 4.69) is 14.7 Å². The summed E-state index contributed by atoms with van der Waals surface area (Å²) in [6.45, 7) is 1.80. The minimum absolute atomic E-state index is 0.0195. The largest absolute Gasteiger partial charge is 0.495 e. The standard InChI is InChI=1S/C12H13N3O3S/c1-9-4-5-10(18-2)11(8-9)19(16,17)15-12-13-6-3-7-14-12/h3-8H,1-2H3,(H,13,14,15). The second-order valence-electron chi connectivity index (χ2n) is 3.83. The number of benzene rings is 1. The van der Waals surface area contributed by atoms with Crippen LogP contribution in [-0.2, 0) is 10.0 Å². The van der Waals surface area contributed by atoms with Crippen LogP contribution in [0.1, 0.15) is 5.56 Å². The summed E-state index contributed by atoms with van der Waals surface area (Å²) in [5.41, 5.74) is 0.815. The van der Waals surface area contributed by atoms with E-state index in [0.29, 0.717) is 0 Å². The minimum atomic E-state index is -3.78. The summed E-state index contributed by atoms with van der Waals surface area (Å²) < 4.78 is 31.9. The van der Waals surface area contributed by atoms with Crippen LogP contribution in [0.3, 0.4) is 0 Å². The van der Waals surface area contributed by atoms with E-state index >= 15 is 0 Å². The van der Waals surface area contributed by atoms with Crippen molar-refractivity contribution in [1.29, 1.82) is 0 Å². The molecule has 0 radical (unpaired) electrons. The predicted molar refractivity (Wildman–Crippen MR) is 70.6 cm³/mol. The Morgan fingerprint density at radius 1 is 1.21 bits per heavy atom. The minimum Gasteiger partial charge on any atom is -0.495 e. The van der Waals surface area contributed by atoms with Crippen molar-refractivity contribution in [3.05, 3.63) is 42.2 Å².